The fraction of sp³-hybridized carbons (Fsp3) is 0.211. The van der Waals surface area contributed by atoms with Gasteiger partial charge in [-0.3, -0.25) is 9.36 Å². The van der Waals surface area contributed by atoms with Crippen LogP contribution in [0.3, 0.4) is 0 Å². The molecule has 3 aromatic rings. The molecule has 0 aliphatic rings. The van der Waals surface area contributed by atoms with Crippen LogP contribution in [-0.4, -0.2) is 38.4 Å². The summed E-state index contributed by atoms with van der Waals surface area (Å²) >= 11 is 1.24. The van der Waals surface area contributed by atoms with Crippen LogP contribution in [0.15, 0.2) is 66.1 Å². The molecule has 5 nitrogen and oxygen atoms in total. The lowest BCUT2D eigenvalue weighted by atomic mass is 10.1. The van der Waals surface area contributed by atoms with E-state index in [9.17, 15) is 9.18 Å². The Morgan fingerprint density at radius 2 is 1.88 bits per heavy atom. The summed E-state index contributed by atoms with van der Waals surface area (Å²) in [4.78, 5) is 14.2. The zero-order chi connectivity index (χ0) is 18.5. The van der Waals surface area contributed by atoms with Gasteiger partial charge in [0.05, 0.1) is 17.5 Å². The Morgan fingerprint density at radius 1 is 1.19 bits per heavy atom. The number of carbonyl (C=O) groups is 1. The Balaban J connectivity index is 1.67. The monoisotopic (exact) mass is 370 g/mol. The number of amides is 1. The lowest BCUT2D eigenvalue weighted by Crippen LogP contribution is -2.31. The molecular formula is C19H19FN4OS. The maximum Gasteiger partial charge on any atom is 0.233 e. The van der Waals surface area contributed by atoms with E-state index in [1.165, 1.54) is 24.2 Å². The Hall–Kier alpha value is -2.67. The van der Waals surface area contributed by atoms with Crippen LogP contribution in [0.4, 0.5) is 4.39 Å². The minimum atomic E-state index is -0.365. The zero-order valence-electron chi connectivity index (χ0n) is 14.5. The molecule has 1 aromatic heterocycles. The van der Waals surface area contributed by atoms with E-state index >= 15 is 0 Å². The van der Waals surface area contributed by atoms with E-state index in [0.717, 1.165) is 5.56 Å². The minimum absolute atomic E-state index is 0.0329. The largest absolute Gasteiger partial charge is 0.338 e. The average molecular weight is 370 g/mol. The van der Waals surface area contributed by atoms with Gasteiger partial charge >= 0.3 is 0 Å². The summed E-state index contributed by atoms with van der Waals surface area (Å²) in [6.45, 7) is 1.99. The van der Waals surface area contributed by atoms with E-state index < -0.39 is 0 Å². The van der Waals surface area contributed by atoms with Crippen LogP contribution >= 0.6 is 11.8 Å². The second kappa shape index (κ2) is 8.14. The summed E-state index contributed by atoms with van der Waals surface area (Å²) in [5, 5.41) is 8.33. The molecule has 0 aliphatic carbocycles. The number of hydrogen-bond donors (Lipinski definition) is 0. The molecule has 7 heteroatoms. The molecule has 134 valence electrons. The molecule has 1 atom stereocenters. The normalized spacial score (nSPS) is 12.0. The van der Waals surface area contributed by atoms with E-state index in [1.807, 2.05) is 37.3 Å². The van der Waals surface area contributed by atoms with Gasteiger partial charge in [-0.1, -0.05) is 54.2 Å². The summed E-state index contributed by atoms with van der Waals surface area (Å²) in [6.07, 6.45) is 1.45. The Labute approximate surface area is 155 Å². The van der Waals surface area contributed by atoms with Crippen LogP contribution in [0.1, 0.15) is 18.5 Å². The number of para-hydroxylation sites is 1. The first-order chi connectivity index (χ1) is 12.6. The number of benzene rings is 2. The van der Waals surface area contributed by atoms with E-state index in [1.54, 1.807) is 34.7 Å². The van der Waals surface area contributed by atoms with E-state index in [2.05, 4.69) is 10.2 Å². The number of halogens is 1. The fourth-order valence-corrected chi connectivity index (χ4v) is 3.38. The van der Waals surface area contributed by atoms with Crippen molar-refractivity contribution in [1.82, 2.24) is 19.7 Å². The summed E-state index contributed by atoms with van der Waals surface area (Å²) < 4.78 is 15.5. The van der Waals surface area contributed by atoms with Gasteiger partial charge in [0.1, 0.15) is 12.1 Å². The van der Waals surface area contributed by atoms with Gasteiger partial charge in [0.2, 0.25) is 5.91 Å². The van der Waals surface area contributed by atoms with Crippen LogP contribution in [-0.2, 0) is 4.79 Å². The van der Waals surface area contributed by atoms with E-state index in [0.29, 0.717) is 10.8 Å². The van der Waals surface area contributed by atoms with Crippen molar-refractivity contribution in [2.24, 2.45) is 0 Å². The lowest BCUT2D eigenvalue weighted by Gasteiger charge is -2.25. The van der Waals surface area contributed by atoms with Crippen LogP contribution in [0.2, 0.25) is 0 Å². The average Bonchev–Trinajstić information content (AvgIpc) is 3.14. The van der Waals surface area contributed by atoms with E-state index in [4.69, 9.17) is 0 Å². The Kier molecular flexibility index (Phi) is 5.68. The molecule has 3 rings (SSSR count). The van der Waals surface area contributed by atoms with Gasteiger partial charge in [-0.2, -0.15) is 0 Å². The second-order valence-corrected chi connectivity index (χ2v) is 6.76. The molecule has 26 heavy (non-hydrogen) atoms. The molecule has 0 spiro atoms. The molecule has 0 saturated heterocycles. The molecule has 0 fully saturated rings. The van der Waals surface area contributed by atoms with Crippen LogP contribution in [0.5, 0.6) is 0 Å². The quantitative estimate of drug-likeness (QED) is 0.621. The third-order valence-electron chi connectivity index (χ3n) is 4.21. The molecule has 1 heterocycles. The molecule has 0 unspecified atom stereocenters. The van der Waals surface area contributed by atoms with Gasteiger partial charge < -0.3 is 4.90 Å². The minimum Gasteiger partial charge on any atom is -0.338 e. The van der Waals surface area contributed by atoms with Crippen LogP contribution in [0.25, 0.3) is 5.69 Å². The van der Waals surface area contributed by atoms with Crippen molar-refractivity contribution in [3.05, 3.63) is 72.3 Å². The maximum absolute atomic E-state index is 14.0. The molecule has 0 aliphatic heterocycles. The van der Waals surface area contributed by atoms with Gasteiger partial charge in [0.15, 0.2) is 5.16 Å². The van der Waals surface area contributed by atoms with Crippen molar-refractivity contribution in [3.8, 4) is 5.69 Å². The molecule has 1 amide bonds. The van der Waals surface area contributed by atoms with Crippen molar-refractivity contribution in [2.75, 3.05) is 12.8 Å². The van der Waals surface area contributed by atoms with Crippen molar-refractivity contribution in [1.29, 1.82) is 0 Å². The molecule has 0 N–H and O–H groups in total. The van der Waals surface area contributed by atoms with Crippen LogP contribution < -0.4 is 0 Å². The molecule has 0 saturated carbocycles. The van der Waals surface area contributed by atoms with Gasteiger partial charge in [-0.05, 0) is 24.6 Å². The lowest BCUT2D eigenvalue weighted by molar-refractivity contribution is -0.128. The molecule has 2 aromatic carbocycles. The van der Waals surface area contributed by atoms with Gasteiger partial charge in [-0.15, -0.1) is 10.2 Å². The second-order valence-electron chi connectivity index (χ2n) is 5.81. The Bertz CT molecular complexity index is 884. The first-order valence-electron chi connectivity index (χ1n) is 8.16. The van der Waals surface area contributed by atoms with Gasteiger partial charge in [0, 0.05) is 7.05 Å². The third-order valence-corrected chi connectivity index (χ3v) is 5.14. The highest BCUT2D eigenvalue weighted by Crippen LogP contribution is 2.23. The Morgan fingerprint density at radius 3 is 2.62 bits per heavy atom. The number of rotatable bonds is 6. The molecular weight excluding hydrogens is 351 g/mol. The highest BCUT2D eigenvalue weighted by atomic mass is 32.2. The highest BCUT2D eigenvalue weighted by molar-refractivity contribution is 7.99. The van der Waals surface area contributed by atoms with Gasteiger partial charge in [-0.25, -0.2) is 4.39 Å². The topological polar surface area (TPSA) is 51.0 Å². The highest BCUT2D eigenvalue weighted by Gasteiger charge is 2.19. The third kappa shape index (κ3) is 3.94. The summed E-state index contributed by atoms with van der Waals surface area (Å²) in [7, 11) is 1.78. The van der Waals surface area contributed by atoms with Crippen LogP contribution in [0, 0.1) is 5.82 Å². The predicted octanol–water partition coefficient (Wildman–Crippen LogP) is 3.72. The molecule has 0 radical (unpaired) electrons. The number of aromatic nitrogens is 3. The summed E-state index contributed by atoms with van der Waals surface area (Å²) in [5.41, 5.74) is 1.43. The molecule has 0 bridgehead atoms. The maximum atomic E-state index is 14.0. The summed E-state index contributed by atoms with van der Waals surface area (Å²) in [6, 6.07) is 16.2. The van der Waals surface area contributed by atoms with Gasteiger partial charge in [0.25, 0.3) is 0 Å². The zero-order valence-corrected chi connectivity index (χ0v) is 15.4. The predicted molar refractivity (Wildman–Crippen MR) is 99.7 cm³/mol. The fourth-order valence-electron chi connectivity index (χ4n) is 2.53. The number of thioether (sulfide) groups is 1. The first kappa shape index (κ1) is 18.1. The van der Waals surface area contributed by atoms with Crippen molar-refractivity contribution < 1.29 is 9.18 Å². The smallest absolute Gasteiger partial charge is 0.233 e. The number of nitrogens with zero attached hydrogens (tertiary/aromatic N) is 4. The number of carbonyl (C=O) groups excluding carboxylic acids is 1. The summed E-state index contributed by atoms with van der Waals surface area (Å²) in [5.74, 6) is -0.203. The SMILES string of the molecule is C[C@H](c1ccccc1)N(C)C(=O)CSc1nncn1-c1ccccc1F. The first-order valence-corrected chi connectivity index (χ1v) is 9.15. The van der Waals surface area contributed by atoms with E-state index in [-0.39, 0.29) is 23.5 Å². The standard InChI is InChI=1S/C19H19FN4OS/c1-14(15-8-4-3-5-9-15)23(2)18(25)12-26-19-22-21-13-24(19)17-11-7-6-10-16(17)20/h3-11,13-14H,12H2,1-2H3/t14-/m1/s1. The number of hydrogen-bond acceptors (Lipinski definition) is 4. The van der Waals surface area contributed by atoms with Crippen molar-refractivity contribution >= 4 is 17.7 Å². The van der Waals surface area contributed by atoms with Crippen molar-refractivity contribution in [3.63, 3.8) is 0 Å². The van der Waals surface area contributed by atoms with Crippen molar-refractivity contribution in [2.45, 2.75) is 18.1 Å².